The summed E-state index contributed by atoms with van der Waals surface area (Å²) in [6.45, 7) is 11.1. The van der Waals surface area contributed by atoms with Crippen LogP contribution >= 0.6 is 0 Å². The molecule has 1 aromatic carbocycles. The molecule has 0 aromatic heterocycles. The van der Waals surface area contributed by atoms with Gasteiger partial charge in [0.05, 0.1) is 6.10 Å². The minimum absolute atomic E-state index is 0.162. The number of nitrogens with zero attached hydrogens (tertiary/aromatic N) is 1. The van der Waals surface area contributed by atoms with E-state index in [-0.39, 0.29) is 11.5 Å². The van der Waals surface area contributed by atoms with Crippen molar-refractivity contribution in [2.45, 2.75) is 40.3 Å². The lowest BCUT2D eigenvalue weighted by atomic mass is 9.93. The second-order valence-electron chi connectivity index (χ2n) is 6.35. The average Bonchev–Trinajstić information content (AvgIpc) is 2.30. The molecule has 0 aliphatic rings. The second-order valence-corrected chi connectivity index (χ2v) is 6.35. The van der Waals surface area contributed by atoms with E-state index in [2.05, 4.69) is 37.9 Å². The summed E-state index contributed by atoms with van der Waals surface area (Å²) < 4.78 is 5.64. The molecular formula is C16H28N2O. The zero-order valence-corrected chi connectivity index (χ0v) is 12.9. The van der Waals surface area contributed by atoms with Crippen molar-refractivity contribution in [3.8, 4) is 5.75 Å². The smallest absolute Gasteiger partial charge is 0.119 e. The van der Waals surface area contributed by atoms with Crippen molar-refractivity contribution in [3.05, 3.63) is 29.8 Å². The van der Waals surface area contributed by atoms with Gasteiger partial charge in [0.25, 0.3) is 0 Å². The third-order valence-corrected chi connectivity index (χ3v) is 3.00. The van der Waals surface area contributed by atoms with Crippen LogP contribution in [-0.2, 0) is 6.54 Å². The summed E-state index contributed by atoms with van der Waals surface area (Å²) in [5, 5.41) is 0. The highest BCUT2D eigenvalue weighted by Crippen LogP contribution is 2.18. The lowest BCUT2D eigenvalue weighted by Crippen LogP contribution is -2.36. The number of hydrogen-bond donors (Lipinski definition) is 1. The summed E-state index contributed by atoms with van der Waals surface area (Å²) in [5.41, 5.74) is 7.23. The molecule has 3 heteroatoms. The lowest BCUT2D eigenvalue weighted by molar-refractivity contribution is 0.209. The van der Waals surface area contributed by atoms with E-state index in [9.17, 15) is 0 Å². The Hall–Kier alpha value is -1.06. The third kappa shape index (κ3) is 6.08. The summed E-state index contributed by atoms with van der Waals surface area (Å²) in [6, 6.07) is 8.34. The molecule has 0 heterocycles. The average molecular weight is 264 g/mol. The standard InChI is InChI=1S/C16H28N2O/c1-13(2)19-15-8-6-14(7-9-15)10-18(5)12-16(3,4)11-17/h6-9,13H,10-12,17H2,1-5H3. The van der Waals surface area contributed by atoms with Crippen LogP contribution in [0.3, 0.4) is 0 Å². The van der Waals surface area contributed by atoms with E-state index in [4.69, 9.17) is 10.5 Å². The first-order valence-corrected chi connectivity index (χ1v) is 6.96. The fourth-order valence-corrected chi connectivity index (χ4v) is 2.11. The van der Waals surface area contributed by atoms with Gasteiger partial charge in [-0.3, -0.25) is 0 Å². The molecule has 0 aliphatic heterocycles. The first-order valence-electron chi connectivity index (χ1n) is 6.96. The van der Waals surface area contributed by atoms with Gasteiger partial charge < -0.3 is 15.4 Å². The molecule has 0 amide bonds. The van der Waals surface area contributed by atoms with Crippen molar-refractivity contribution < 1.29 is 4.74 Å². The number of nitrogens with two attached hydrogens (primary N) is 1. The number of ether oxygens (including phenoxy) is 1. The van der Waals surface area contributed by atoms with Crippen LogP contribution in [0.25, 0.3) is 0 Å². The molecule has 0 saturated heterocycles. The van der Waals surface area contributed by atoms with E-state index in [1.54, 1.807) is 0 Å². The Morgan fingerprint density at radius 1 is 1.21 bits per heavy atom. The molecule has 0 bridgehead atoms. The molecule has 0 aliphatic carbocycles. The van der Waals surface area contributed by atoms with Gasteiger partial charge in [-0.05, 0) is 50.6 Å². The zero-order valence-electron chi connectivity index (χ0n) is 12.9. The van der Waals surface area contributed by atoms with Crippen LogP contribution in [0.5, 0.6) is 5.75 Å². The Morgan fingerprint density at radius 3 is 2.26 bits per heavy atom. The Morgan fingerprint density at radius 2 is 1.79 bits per heavy atom. The third-order valence-electron chi connectivity index (χ3n) is 3.00. The second kappa shape index (κ2) is 6.92. The predicted octanol–water partition coefficient (Wildman–Crippen LogP) is 2.89. The maximum atomic E-state index is 5.77. The molecule has 0 atom stereocenters. The first kappa shape index (κ1) is 16.0. The van der Waals surface area contributed by atoms with E-state index in [0.717, 1.165) is 18.8 Å². The van der Waals surface area contributed by atoms with Crippen LogP contribution < -0.4 is 10.5 Å². The Bertz CT molecular complexity index is 371. The van der Waals surface area contributed by atoms with E-state index >= 15 is 0 Å². The van der Waals surface area contributed by atoms with Crippen LogP contribution in [0, 0.1) is 5.41 Å². The molecule has 0 unspecified atom stereocenters. The summed E-state index contributed by atoms with van der Waals surface area (Å²) in [4.78, 5) is 2.31. The van der Waals surface area contributed by atoms with Gasteiger partial charge in [-0.2, -0.15) is 0 Å². The predicted molar refractivity (Wildman–Crippen MR) is 81.4 cm³/mol. The lowest BCUT2D eigenvalue weighted by Gasteiger charge is -2.29. The molecule has 19 heavy (non-hydrogen) atoms. The van der Waals surface area contributed by atoms with Crippen LogP contribution in [0.2, 0.25) is 0 Å². The van der Waals surface area contributed by atoms with Gasteiger partial charge in [-0.15, -0.1) is 0 Å². The molecule has 0 radical (unpaired) electrons. The zero-order chi connectivity index (χ0) is 14.5. The highest BCUT2D eigenvalue weighted by Gasteiger charge is 2.17. The van der Waals surface area contributed by atoms with Crippen LogP contribution in [0.15, 0.2) is 24.3 Å². The number of rotatable bonds is 7. The molecule has 0 fully saturated rings. The Balaban J connectivity index is 2.53. The van der Waals surface area contributed by atoms with Crippen LogP contribution in [-0.4, -0.2) is 31.1 Å². The minimum atomic E-state index is 0.162. The summed E-state index contributed by atoms with van der Waals surface area (Å²) in [5.74, 6) is 0.934. The van der Waals surface area contributed by atoms with Crippen molar-refractivity contribution in [1.29, 1.82) is 0 Å². The molecular weight excluding hydrogens is 236 g/mol. The van der Waals surface area contributed by atoms with Crippen LogP contribution in [0.4, 0.5) is 0 Å². The van der Waals surface area contributed by atoms with Crippen molar-refractivity contribution in [2.24, 2.45) is 11.1 Å². The quantitative estimate of drug-likeness (QED) is 0.823. The van der Waals surface area contributed by atoms with Crippen molar-refractivity contribution in [3.63, 3.8) is 0 Å². The molecule has 3 nitrogen and oxygen atoms in total. The van der Waals surface area contributed by atoms with Gasteiger partial charge >= 0.3 is 0 Å². The largest absolute Gasteiger partial charge is 0.491 e. The molecule has 2 N–H and O–H groups in total. The van der Waals surface area contributed by atoms with Crippen LogP contribution in [0.1, 0.15) is 33.3 Å². The van der Waals surface area contributed by atoms with E-state index in [1.807, 2.05) is 26.0 Å². The number of benzene rings is 1. The first-order chi connectivity index (χ1) is 8.82. The monoisotopic (exact) mass is 264 g/mol. The van der Waals surface area contributed by atoms with Gasteiger partial charge in [0.1, 0.15) is 5.75 Å². The van der Waals surface area contributed by atoms with Gasteiger partial charge in [0, 0.05) is 13.1 Å². The van der Waals surface area contributed by atoms with Gasteiger partial charge in [-0.1, -0.05) is 26.0 Å². The SMILES string of the molecule is CC(C)Oc1ccc(CN(C)CC(C)(C)CN)cc1. The molecule has 0 spiro atoms. The van der Waals surface area contributed by atoms with Gasteiger partial charge in [0.2, 0.25) is 0 Å². The van der Waals surface area contributed by atoms with Crippen molar-refractivity contribution in [2.75, 3.05) is 20.1 Å². The Labute approximate surface area is 117 Å². The Kier molecular flexibility index (Phi) is 5.83. The molecule has 0 saturated carbocycles. The fourth-order valence-electron chi connectivity index (χ4n) is 2.11. The van der Waals surface area contributed by atoms with Gasteiger partial charge in [-0.25, -0.2) is 0 Å². The highest BCUT2D eigenvalue weighted by atomic mass is 16.5. The minimum Gasteiger partial charge on any atom is -0.491 e. The summed E-state index contributed by atoms with van der Waals surface area (Å²) in [7, 11) is 2.13. The highest BCUT2D eigenvalue weighted by molar-refractivity contribution is 5.27. The van der Waals surface area contributed by atoms with E-state index in [1.165, 1.54) is 5.56 Å². The van der Waals surface area contributed by atoms with E-state index in [0.29, 0.717) is 6.54 Å². The maximum absolute atomic E-state index is 5.77. The molecule has 108 valence electrons. The van der Waals surface area contributed by atoms with Crippen molar-refractivity contribution in [1.82, 2.24) is 4.90 Å². The van der Waals surface area contributed by atoms with Gasteiger partial charge in [0.15, 0.2) is 0 Å². The molecule has 1 aromatic rings. The molecule has 1 rings (SSSR count). The normalized spacial score (nSPS) is 12.2. The topological polar surface area (TPSA) is 38.5 Å². The number of hydrogen-bond acceptors (Lipinski definition) is 3. The fraction of sp³-hybridized carbons (Fsp3) is 0.625. The summed E-state index contributed by atoms with van der Waals surface area (Å²) in [6.07, 6.45) is 0.221. The maximum Gasteiger partial charge on any atom is 0.119 e. The van der Waals surface area contributed by atoms with Crippen molar-refractivity contribution >= 4 is 0 Å². The summed E-state index contributed by atoms with van der Waals surface area (Å²) >= 11 is 0. The van der Waals surface area contributed by atoms with E-state index < -0.39 is 0 Å².